The Hall–Kier alpha value is -1.99. The number of allylic oxidation sites excluding steroid dienone is 1. The van der Waals surface area contributed by atoms with Crippen LogP contribution in [0.4, 0.5) is 4.79 Å². The molecular weight excluding hydrogens is 513 g/mol. The summed E-state index contributed by atoms with van der Waals surface area (Å²) in [5, 5.41) is 23.3. The molecule has 0 radical (unpaired) electrons. The second kappa shape index (κ2) is 12.3. The van der Waals surface area contributed by atoms with Crippen molar-refractivity contribution in [2.24, 2.45) is 46.3 Å². The van der Waals surface area contributed by atoms with Crippen molar-refractivity contribution < 1.29 is 24.2 Å². The molecule has 0 heterocycles. The lowest BCUT2D eigenvalue weighted by molar-refractivity contribution is -0.0681. The Labute approximate surface area is 247 Å². The molecule has 5 rings (SSSR count). The van der Waals surface area contributed by atoms with Crippen LogP contribution in [0.1, 0.15) is 98.8 Å². The zero-order valence-electron chi connectivity index (χ0n) is 25.9. The van der Waals surface area contributed by atoms with Gasteiger partial charge in [-0.05, 0) is 98.0 Å². The molecule has 0 spiro atoms. The van der Waals surface area contributed by atoms with Gasteiger partial charge >= 0.3 is 13.4 Å². The predicted octanol–water partition coefficient (Wildman–Crippen LogP) is 7.72. The zero-order chi connectivity index (χ0) is 29.4. The van der Waals surface area contributed by atoms with E-state index in [2.05, 4.69) is 46.0 Å². The second-order valence-electron chi connectivity index (χ2n) is 14.6. The van der Waals surface area contributed by atoms with E-state index < -0.39 is 13.4 Å². The monoisotopic (exact) mass is 565 g/mol. The maximum atomic E-state index is 12.0. The fourth-order valence-corrected chi connectivity index (χ4v) is 10.0. The van der Waals surface area contributed by atoms with Gasteiger partial charge in [-0.3, -0.25) is 0 Å². The maximum absolute atomic E-state index is 12.0. The number of para-hydroxylation sites is 1. The van der Waals surface area contributed by atoms with Gasteiger partial charge in [-0.15, -0.1) is 0 Å². The highest BCUT2D eigenvalue weighted by Crippen LogP contribution is 2.67. The first kappa shape index (κ1) is 30.5. The summed E-state index contributed by atoms with van der Waals surface area (Å²) in [6.45, 7) is 12.1. The Morgan fingerprint density at radius 1 is 1.10 bits per heavy atom. The quantitative estimate of drug-likeness (QED) is 0.200. The van der Waals surface area contributed by atoms with Crippen LogP contribution in [0.25, 0.3) is 0 Å². The van der Waals surface area contributed by atoms with Crippen LogP contribution in [0.5, 0.6) is 5.75 Å². The summed E-state index contributed by atoms with van der Waals surface area (Å²) in [5.74, 6) is 4.63. The third kappa shape index (κ3) is 6.09. The number of hydrogen-bond acceptors (Lipinski definition) is 4. The van der Waals surface area contributed by atoms with E-state index in [0.29, 0.717) is 41.8 Å². The molecule has 1 amide bonds. The molecule has 0 aliphatic heterocycles. The average molecular weight is 566 g/mol. The molecule has 1 unspecified atom stereocenters. The first-order chi connectivity index (χ1) is 19.5. The molecule has 9 atom stereocenters. The smallest absolute Gasteiger partial charge is 0.512 e. The highest BCUT2D eigenvalue weighted by Gasteiger charge is 2.61. The number of carboxylic acid groups (broad SMARTS) is 1. The number of benzene rings is 1. The third-order valence-corrected chi connectivity index (χ3v) is 12.0. The van der Waals surface area contributed by atoms with E-state index in [1.54, 1.807) is 12.1 Å². The van der Waals surface area contributed by atoms with Crippen molar-refractivity contribution in [3.63, 3.8) is 0 Å². The van der Waals surface area contributed by atoms with E-state index in [9.17, 15) is 14.9 Å². The van der Waals surface area contributed by atoms with E-state index in [0.717, 1.165) is 30.6 Å². The van der Waals surface area contributed by atoms with E-state index in [-0.39, 0.29) is 17.6 Å². The molecule has 3 saturated carbocycles. The van der Waals surface area contributed by atoms with Crippen LogP contribution < -0.4 is 9.97 Å². The van der Waals surface area contributed by atoms with Crippen LogP contribution in [-0.4, -0.2) is 35.7 Å². The van der Waals surface area contributed by atoms with Crippen molar-refractivity contribution in [3.05, 3.63) is 42.0 Å². The van der Waals surface area contributed by atoms with E-state index in [4.69, 9.17) is 9.31 Å². The van der Waals surface area contributed by atoms with Gasteiger partial charge in [0.1, 0.15) is 5.75 Å². The molecule has 226 valence electrons. The molecule has 0 aromatic heterocycles. The van der Waals surface area contributed by atoms with Crippen LogP contribution in [-0.2, 0) is 4.65 Å². The van der Waals surface area contributed by atoms with Gasteiger partial charge in [-0.25, -0.2) is 4.79 Å². The SMILES string of the molecule is CC(C)CCC[C@@H](C)[C@H]1CC[C@H]2[C@@H]3CC=C4C[C@@H](OB(O)Oc5ccccc5)CC(NC(=O)O)[C@]4(C)[C@H]3CC[C@]12C. The van der Waals surface area contributed by atoms with Crippen molar-refractivity contribution in [2.45, 2.75) is 111 Å². The van der Waals surface area contributed by atoms with Gasteiger partial charge in [0, 0.05) is 11.5 Å². The Kier molecular flexibility index (Phi) is 9.16. The summed E-state index contributed by atoms with van der Waals surface area (Å²) in [7, 11) is -1.40. The molecule has 41 heavy (non-hydrogen) atoms. The molecule has 6 nitrogen and oxygen atoms in total. The Morgan fingerprint density at radius 3 is 2.56 bits per heavy atom. The molecule has 0 bridgehead atoms. The number of nitrogens with one attached hydrogen (secondary N) is 1. The normalized spacial score (nSPS) is 36.9. The van der Waals surface area contributed by atoms with Crippen LogP contribution in [0.3, 0.4) is 0 Å². The Morgan fingerprint density at radius 2 is 1.85 bits per heavy atom. The van der Waals surface area contributed by atoms with Crippen molar-refractivity contribution in [1.82, 2.24) is 5.32 Å². The van der Waals surface area contributed by atoms with Gasteiger partial charge in [0.25, 0.3) is 0 Å². The van der Waals surface area contributed by atoms with Gasteiger partial charge < -0.3 is 24.8 Å². The molecule has 3 N–H and O–H groups in total. The van der Waals surface area contributed by atoms with Crippen LogP contribution in [0, 0.1) is 46.3 Å². The molecule has 4 aliphatic rings. The number of fused-ring (bicyclic) bond motifs is 5. The average Bonchev–Trinajstić information content (AvgIpc) is 3.27. The summed E-state index contributed by atoms with van der Waals surface area (Å²) in [6, 6.07) is 8.87. The number of carbonyl (C=O) groups is 1. The lowest BCUT2D eigenvalue weighted by Crippen LogP contribution is -2.60. The number of amides is 1. The first-order valence-electron chi connectivity index (χ1n) is 16.3. The fraction of sp³-hybridized carbons (Fsp3) is 0.735. The van der Waals surface area contributed by atoms with Crippen LogP contribution in [0.15, 0.2) is 42.0 Å². The zero-order valence-corrected chi connectivity index (χ0v) is 25.9. The summed E-state index contributed by atoms with van der Waals surface area (Å²) in [5.41, 5.74) is 1.44. The van der Waals surface area contributed by atoms with Gasteiger partial charge in [-0.2, -0.15) is 0 Å². The van der Waals surface area contributed by atoms with Crippen LogP contribution in [0.2, 0.25) is 0 Å². The molecule has 3 fully saturated rings. The van der Waals surface area contributed by atoms with Crippen LogP contribution >= 0.6 is 0 Å². The summed E-state index contributed by atoms with van der Waals surface area (Å²) in [6.07, 6.45) is 12.4. The van der Waals surface area contributed by atoms with Crippen molar-refractivity contribution in [3.8, 4) is 5.75 Å². The molecule has 4 aliphatic carbocycles. The standard InChI is InChI=1S/C34H52BNO5/c1-22(2)10-9-11-23(3)28-16-17-29-27-15-14-24-20-26(41-35(39)40-25-12-7-6-8-13-25)21-31(36-32(37)38)34(24,5)30(27)18-19-33(28,29)4/h6-8,12-14,22-23,26-31,36,39H,9-11,15-21H2,1-5H3,(H,37,38)/t23-,26-,27+,28-,29+,30+,31?,33-,34+/m1/s1. The lowest BCUT2D eigenvalue weighted by atomic mass is 9.46. The van der Waals surface area contributed by atoms with Crippen molar-refractivity contribution in [1.29, 1.82) is 0 Å². The molecule has 1 aromatic rings. The molecular formula is C34H52BNO5. The minimum atomic E-state index is -1.40. The maximum Gasteiger partial charge on any atom is 0.710 e. The Bertz CT molecular complexity index is 1080. The van der Waals surface area contributed by atoms with Gasteiger partial charge in [-0.1, -0.05) is 83.7 Å². The summed E-state index contributed by atoms with van der Waals surface area (Å²) < 4.78 is 11.6. The minimum absolute atomic E-state index is 0.241. The van der Waals surface area contributed by atoms with E-state index in [1.807, 2.05) is 18.2 Å². The predicted molar refractivity (Wildman–Crippen MR) is 163 cm³/mol. The Balaban J connectivity index is 1.32. The van der Waals surface area contributed by atoms with Crippen molar-refractivity contribution >= 4 is 13.4 Å². The van der Waals surface area contributed by atoms with Crippen molar-refractivity contribution in [2.75, 3.05) is 0 Å². The highest BCUT2D eigenvalue weighted by molar-refractivity contribution is 6.35. The van der Waals surface area contributed by atoms with Gasteiger partial charge in [0.05, 0.1) is 6.10 Å². The number of hydrogen-bond donors (Lipinski definition) is 3. The lowest BCUT2D eigenvalue weighted by Gasteiger charge is -2.60. The third-order valence-electron chi connectivity index (χ3n) is 12.0. The largest absolute Gasteiger partial charge is 0.710 e. The first-order valence-corrected chi connectivity index (χ1v) is 16.3. The second-order valence-corrected chi connectivity index (χ2v) is 14.6. The molecule has 1 aromatic carbocycles. The minimum Gasteiger partial charge on any atom is -0.512 e. The summed E-state index contributed by atoms with van der Waals surface area (Å²) >= 11 is 0. The molecule has 7 heteroatoms. The fourth-order valence-electron chi connectivity index (χ4n) is 10.0. The number of rotatable bonds is 10. The van der Waals surface area contributed by atoms with E-state index in [1.165, 1.54) is 44.1 Å². The highest BCUT2D eigenvalue weighted by atomic mass is 16.7. The van der Waals surface area contributed by atoms with Gasteiger partial charge in [0.15, 0.2) is 0 Å². The summed E-state index contributed by atoms with van der Waals surface area (Å²) in [4.78, 5) is 12.0. The van der Waals surface area contributed by atoms with E-state index >= 15 is 0 Å². The topological polar surface area (TPSA) is 88.0 Å². The molecule has 0 saturated heterocycles. The van der Waals surface area contributed by atoms with Gasteiger partial charge in [0.2, 0.25) is 0 Å².